The first-order valence-corrected chi connectivity index (χ1v) is 7.71. The van der Waals surface area contributed by atoms with Gasteiger partial charge < -0.3 is 9.47 Å². The summed E-state index contributed by atoms with van der Waals surface area (Å²) >= 11 is 1.62. The summed E-state index contributed by atoms with van der Waals surface area (Å²) < 4.78 is 10.1. The van der Waals surface area contributed by atoms with E-state index in [2.05, 4.69) is 6.92 Å². The lowest BCUT2D eigenvalue weighted by Gasteiger charge is -2.24. The average molecular weight is 298 g/mol. The van der Waals surface area contributed by atoms with Gasteiger partial charge in [-0.1, -0.05) is 6.92 Å². The maximum absolute atomic E-state index is 12.1. The molecule has 0 aromatic carbocycles. The van der Waals surface area contributed by atoms with E-state index in [0.29, 0.717) is 6.42 Å². The molecule has 0 N–H and O–H groups in total. The first-order chi connectivity index (χ1) is 9.47. The molecule has 0 aliphatic heterocycles. The van der Waals surface area contributed by atoms with Gasteiger partial charge in [0.15, 0.2) is 5.41 Å². The third-order valence-corrected chi connectivity index (χ3v) is 4.28. The van der Waals surface area contributed by atoms with E-state index >= 15 is 0 Å². The Hall–Kier alpha value is -1.36. The summed E-state index contributed by atoms with van der Waals surface area (Å²) in [7, 11) is 0. The van der Waals surface area contributed by atoms with Crippen molar-refractivity contribution in [2.45, 2.75) is 40.5 Å². The van der Waals surface area contributed by atoms with Crippen LogP contribution in [0.5, 0.6) is 0 Å². The Balaban J connectivity index is 2.97. The number of thiophene rings is 1. The molecule has 5 heteroatoms. The fourth-order valence-corrected chi connectivity index (χ4v) is 2.98. The normalized spacial score (nSPS) is 11.2. The second kappa shape index (κ2) is 7.43. The second-order valence-electron chi connectivity index (χ2n) is 4.67. The summed E-state index contributed by atoms with van der Waals surface area (Å²) in [5.74, 6) is -1.05. The van der Waals surface area contributed by atoms with Gasteiger partial charge in [-0.2, -0.15) is 0 Å². The molecule has 20 heavy (non-hydrogen) atoms. The van der Waals surface area contributed by atoms with E-state index in [-0.39, 0.29) is 13.2 Å². The monoisotopic (exact) mass is 298 g/mol. The SMILES string of the molecule is CCOC(=O)C(C)(Cc1ccc(CC)s1)C(=O)OCC. The van der Waals surface area contributed by atoms with Gasteiger partial charge in [-0.15, -0.1) is 11.3 Å². The zero-order chi connectivity index (χ0) is 15.2. The fraction of sp³-hybridized carbons (Fsp3) is 0.600. The van der Waals surface area contributed by atoms with Crippen LogP contribution in [0, 0.1) is 5.41 Å². The first-order valence-electron chi connectivity index (χ1n) is 6.89. The summed E-state index contributed by atoms with van der Waals surface area (Å²) in [6.07, 6.45) is 1.26. The number of aryl methyl sites for hydroxylation is 1. The van der Waals surface area contributed by atoms with E-state index in [1.807, 2.05) is 12.1 Å². The number of carbonyl (C=O) groups excluding carboxylic acids is 2. The van der Waals surface area contributed by atoms with Crippen LogP contribution in [-0.2, 0) is 31.9 Å². The van der Waals surface area contributed by atoms with Crippen LogP contribution >= 0.6 is 11.3 Å². The largest absolute Gasteiger partial charge is 0.465 e. The Bertz CT molecular complexity index is 446. The molecule has 0 aliphatic rings. The molecule has 1 heterocycles. The van der Waals surface area contributed by atoms with Crippen molar-refractivity contribution in [3.05, 3.63) is 21.9 Å². The van der Waals surface area contributed by atoms with Gasteiger partial charge in [0.25, 0.3) is 0 Å². The lowest BCUT2D eigenvalue weighted by molar-refractivity contribution is -0.170. The second-order valence-corrected chi connectivity index (χ2v) is 5.92. The highest BCUT2D eigenvalue weighted by molar-refractivity contribution is 7.12. The molecule has 0 radical (unpaired) electrons. The highest BCUT2D eigenvalue weighted by atomic mass is 32.1. The van der Waals surface area contributed by atoms with Crippen LogP contribution in [0.25, 0.3) is 0 Å². The lowest BCUT2D eigenvalue weighted by Crippen LogP contribution is -2.41. The van der Waals surface area contributed by atoms with Crippen LogP contribution in [0.15, 0.2) is 12.1 Å². The van der Waals surface area contributed by atoms with Crippen molar-refractivity contribution >= 4 is 23.3 Å². The predicted octanol–water partition coefficient (Wildman–Crippen LogP) is 2.99. The van der Waals surface area contributed by atoms with Crippen LogP contribution < -0.4 is 0 Å². The molecule has 0 unspecified atom stereocenters. The van der Waals surface area contributed by atoms with E-state index in [1.54, 1.807) is 32.1 Å². The highest BCUT2D eigenvalue weighted by Gasteiger charge is 2.44. The smallest absolute Gasteiger partial charge is 0.323 e. The molecule has 1 aromatic heterocycles. The van der Waals surface area contributed by atoms with Gasteiger partial charge in [0, 0.05) is 16.2 Å². The lowest BCUT2D eigenvalue weighted by atomic mass is 9.86. The topological polar surface area (TPSA) is 52.6 Å². The summed E-state index contributed by atoms with van der Waals surface area (Å²) in [6.45, 7) is 7.62. The van der Waals surface area contributed by atoms with Crippen LogP contribution in [-0.4, -0.2) is 25.2 Å². The molecule has 0 spiro atoms. The summed E-state index contributed by atoms with van der Waals surface area (Å²) in [5, 5.41) is 0. The van der Waals surface area contributed by atoms with Gasteiger partial charge in [-0.05, 0) is 39.3 Å². The molecule has 0 aliphatic carbocycles. The number of hydrogen-bond donors (Lipinski definition) is 0. The van der Waals surface area contributed by atoms with Crippen LogP contribution in [0.2, 0.25) is 0 Å². The Labute approximate surface area is 124 Å². The van der Waals surface area contributed by atoms with Crippen molar-refractivity contribution < 1.29 is 19.1 Å². The fourth-order valence-electron chi connectivity index (χ4n) is 1.86. The van der Waals surface area contributed by atoms with Gasteiger partial charge in [0.2, 0.25) is 0 Å². The maximum atomic E-state index is 12.1. The van der Waals surface area contributed by atoms with Crippen molar-refractivity contribution in [1.29, 1.82) is 0 Å². The van der Waals surface area contributed by atoms with E-state index in [9.17, 15) is 9.59 Å². The molecule has 1 aromatic rings. The number of rotatable bonds is 7. The molecule has 112 valence electrons. The van der Waals surface area contributed by atoms with Crippen molar-refractivity contribution in [1.82, 2.24) is 0 Å². The van der Waals surface area contributed by atoms with Crippen molar-refractivity contribution in [2.75, 3.05) is 13.2 Å². The molecule has 0 amide bonds. The quantitative estimate of drug-likeness (QED) is 0.573. The number of carbonyl (C=O) groups is 2. The van der Waals surface area contributed by atoms with Gasteiger partial charge in [-0.25, -0.2) is 0 Å². The predicted molar refractivity (Wildman–Crippen MR) is 78.8 cm³/mol. The van der Waals surface area contributed by atoms with Crippen LogP contribution in [0.4, 0.5) is 0 Å². The van der Waals surface area contributed by atoms with E-state index in [1.165, 1.54) is 4.88 Å². The van der Waals surface area contributed by atoms with Gasteiger partial charge in [-0.3, -0.25) is 9.59 Å². The highest BCUT2D eigenvalue weighted by Crippen LogP contribution is 2.30. The third-order valence-electron chi connectivity index (χ3n) is 3.05. The Kier molecular flexibility index (Phi) is 6.20. The molecular weight excluding hydrogens is 276 g/mol. The van der Waals surface area contributed by atoms with E-state index < -0.39 is 17.4 Å². The van der Waals surface area contributed by atoms with Crippen LogP contribution in [0.3, 0.4) is 0 Å². The average Bonchev–Trinajstić information content (AvgIpc) is 2.86. The van der Waals surface area contributed by atoms with Gasteiger partial charge >= 0.3 is 11.9 Å². The standard InChI is InChI=1S/C15H22O4S/c1-5-11-8-9-12(20-11)10-15(4,13(16)18-6-2)14(17)19-7-3/h8-9H,5-7,10H2,1-4H3. The summed E-state index contributed by atoms with van der Waals surface area (Å²) in [4.78, 5) is 26.5. The van der Waals surface area contributed by atoms with Crippen molar-refractivity contribution in [2.24, 2.45) is 5.41 Å². The van der Waals surface area contributed by atoms with E-state index in [4.69, 9.17) is 9.47 Å². The van der Waals surface area contributed by atoms with Crippen LogP contribution in [0.1, 0.15) is 37.4 Å². The molecule has 4 nitrogen and oxygen atoms in total. The Morgan fingerprint density at radius 2 is 1.55 bits per heavy atom. The minimum Gasteiger partial charge on any atom is -0.465 e. The molecule has 0 saturated carbocycles. The third kappa shape index (κ3) is 3.82. The molecule has 1 rings (SSSR count). The molecule has 0 fully saturated rings. The maximum Gasteiger partial charge on any atom is 0.323 e. The summed E-state index contributed by atoms with van der Waals surface area (Å²) in [6, 6.07) is 3.98. The number of hydrogen-bond acceptors (Lipinski definition) is 5. The van der Waals surface area contributed by atoms with Gasteiger partial charge in [0.05, 0.1) is 13.2 Å². The molecule has 0 atom stereocenters. The molecule has 0 bridgehead atoms. The number of esters is 2. The van der Waals surface area contributed by atoms with Crippen molar-refractivity contribution in [3.63, 3.8) is 0 Å². The first kappa shape index (κ1) is 16.7. The zero-order valence-electron chi connectivity index (χ0n) is 12.5. The minimum atomic E-state index is -1.28. The molecular formula is C15H22O4S. The Morgan fingerprint density at radius 1 is 1.05 bits per heavy atom. The van der Waals surface area contributed by atoms with Crippen molar-refractivity contribution in [3.8, 4) is 0 Å². The zero-order valence-corrected chi connectivity index (χ0v) is 13.3. The molecule has 0 saturated heterocycles. The van der Waals surface area contributed by atoms with E-state index in [0.717, 1.165) is 11.3 Å². The summed E-state index contributed by atoms with van der Waals surface area (Å²) in [5.41, 5.74) is -1.28. The number of ether oxygens (including phenoxy) is 2. The minimum absolute atomic E-state index is 0.248. The Morgan fingerprint density at radius 3 is 1.95 bits per heavy atom. The van der Waals surface area contributed by atoms with Gasteiger partial charge in [0.1, 0.15) is 0 Å².